The van der Waals surface area contributed by atoms with Gasteiger partial charge in [-0.25, -0.2) is 4.79 Å². The molecule has 0 spiro atoms. The van der Waals surface area contributed by atoms with Crippen LogP contribution in [0.15, 0.2) is 54.6 Å². The van der Waals surface area contributed by atoms with E-state index in [9.17, 15) is 4.79 Å². The summed E-state index contributed by atoms with van der Waals surface area (Å²) in [5.74, 6) is 1.73. The van der Waals surface area contributed by atoms with E-state index in [0.29, 0.717) is 12.6 Å². The largest absolute Gasteiger partial charge is 0.445 e. The van der Waals surface area contributed by atoms with Crippen LogP contribution >= 0.6 is 0 Å². The fraction of sp³-hybridized carbons (Fsp3) is 0.531. The van der Waals surface area contributed by atoms with Gasteiger partial charge in [0.2, 0.25) is 0 Å². The smallest absolute Gasteiger partial charge is 0.407 e. The zero-order chi connectivity index (χ0) is 25.8. The lowest BCUT2D eigenvalue weighted by atomic mass is 9.79. The number of carbonyl (C=O) groups excluding carboxylic acids is 1. The van der Waals surface area contributed by atoms with Gasteiger partial charge in [-0.15, -0.1) is 0 Å². The third-order valence-electron chi connectivity index (χ3n) is 8.77. The highest BCUT2D eigenvalue weighted by Crippen LogP contribution is 2.36. The van der Waals surface area contributed by atoms with E-state index >= 15 is 0 Å². The van der Waals surface area contributed by atoms with Crippen LogP contribution in [-0.2, 0) is 17.9 Å². The number of nitrogens with zero attached hydrogens (tertiary/aromatic N) is 2. The molecule has 198 valence electrons. The monoisotopic (exact) mass is 501 g/mol. The normalized spacial score (nSPS) is 21.4. The van der Waals surface area contributed by atoms with Gasteiger partial charge in [-0.05, 0) is 81.0 Å². The molecule has 5 rings (SSSR count). The highest BCUT2D eigenvalue weighted by atomic mass is 16.5. The Hall–Kier alpha value is -2.79. The molecule has 3 aromatic rings. The second kappa shape index (κ2) is 11.7. The first-order chi connectivity index (χ1) is 18.0. The number of nitrogens with one attached hydrogen (secondary N) is 1. The predicted octanol–water partition coefficient (Wildman–Crippen LogP) is 7.23. The molecule has 0 radical (unpaired) electrons. The van der Waals surface area contributed by atoms with E-state index in [4.69, 9.17) is 4.74 Å². The van der Waals surface area contributed by atoms with Crippen molar-refractivity contribution in [2.45, 2.75) is 84.5 Å². The van der Waals surface area contributed by atoms with Crippen LogP contribution in [-0.4, -0.2) is 34.7 Å². The third kappa shape index (κ3) is 6.20. The van der Waals surface area contributed by atoms with Crippen molar-refractivity contribution >= 4 is 17.0 Å². The summed E-state index contributed by atoms with van der Waals surface area (Å²) in [6, 6.07) is 20.0. The van der Waals surface area contributed by atoms with Gasteiger partial charge >= 0.3 is 6.09 Å². The Kier molecular flexibility index (Phi) is 8.19. The SMILES string of the molecule is Cc1ccc2c(c1)cc(CNC(=O)OCc1ccccc1)n2C1CCN([C@H]2CC[C@@H](C(C)C)CC2)CC1. The van der Waals surface area contributed by atoms with Crippen molar-refractivity contribution in [3.63, 3.8) is 0 Å². The quantitative estimate of drug-likeness (QED) is 0.371. The van der Waals surface area contributed by atoms with Crippen molar-refractivity contribution in [3.05, 3.63) is 71.4 Å². The maximum absolute atomic E-state index is 12.5. The Bertz CT molecular complexity index is 1170. The Labute approximate surface area is 222 Å². The summed E-state index contributed by atoms with van der Waals surface area (Å²) in [5, 5.41) is 4.26. The molecule has 1 N–H and O–H groups in total. The van der Waals surface area contributed by atoms with Crippen LogP contribution in [0.3, 0.4) is 0 Å². The Balaban J connectivity index is 1.23. The molecule has 1 aliphatic heterocycles. The predicted molar refractivity (Wildman–Crippen MR) is 151 cm³/mol. The van der Waals surface area contributed by atoms with Gasteiger partial charge in [0.25, 0.3) is 0 Å². The van der Waals surface area contributed by atoms with Gasteiger partial charge in [-0.1, -0.05) is 55.8 Å². The lowest BCUT2D eigenvalue weighted by molar-refractivity contribution is 0.0888. The number of alkyl carbamates (subject to hydrolysis) is 1. The fourth-order valence-electron chi connectivity index (χ4n) is 6.56. The molecule has 2 aromatic carbocycles. The van der Waals surface area contributed by atoms with E-state index < -0.39 is 0 Å². The first-order valence-corrected chi connectivity index (χ1v) is 14.3. The van der Waals surface area contributed by atoms with Crippen molar-refractivity contribution in [1.29, 1.82) is 0 Å². The minimum absolute atomic E-state index is 0.284. The summed E-state index contributed by atoms with van der Waals surface area (Å²) in [6.07, 6.45) is 7.45. The standard InChI is InChI=1S/C32H43N3O2/c1-23(2)26-10-12-28(13-11-26)34-17-15-29(16-18-34)35-30(20-27-19-24(3)9-14-31(27)35)21-33-32(36)37-22-25-7-5-4-6-8-25/h4-9,14,19-20,23,26,28-29H,10-13,15-18,21-22H2,1-3H3,(H,33,36)/t26-,28+. The number of piperidine rings is 1. The van der Waals surface area contributed by atoms with E-state index in [1.54, 1.807) is 0 Å². The molecular weight excluding hydrogens is 458 g/mol. The van der Waals surface area contributed by atoms with Crippen LogP contribution in [0.2, 0.25) is 0 Å². The summed E-state index contributed by atoms with van der Waals surface area (Å²) in [4.78, 5) is 15.2. The molecule has 0 atom stereocenters. The summed E-state index contributed by atoms with van der Waals surface area (Å²) in [5.41, 5.74) is 4.69. The second-order valence-electron chi connectivity index (χ2n) is 11.6. The lowest BCUT2D eigenvalue weighted by Gasteiger charge is -2.42. The summed E-state index contributed by atoms with van der Waals surface area (Å²) in [7, 11) is 0. The molecule has 2 fully saturated rings. The Morgan fingerprint density at radius 3 is 2.38 bits per heavy atom. The van der Waals surface area contributed by atoms with Crippen molar-refractivity contribution in [2.75, 3.05) is 13.1 Å². The van der Waals surface area contributed by atoms with Gasteiger partial charge in [0.1, 0.15) is 6.61 Å². The number of aryl methyl sites for hydroxylation is 1. The molecule has 37 heavy (non-hydrogen) atoms. The number of likely N-dealkylation sites (tertiary alicyclic amines) is 1. The minimum atomic E-state index is -0.372. The number of fused-ring (bicyclic) bond motifs is 1. The topological polar surface area (TPSA) is 46.5 Å². The first-order valence-electron chi connectivity index (χ1n) is 14.3. The molecule has 1 amide bonds. The number of ether oxygens (including phenoxy) is 1. The average molecular weight is 502 g/mol. The third-order valence-corrected chi connectivity index (χ3v) is 8.77. The molecule has 2 heterocycles. The van der Waals surface area contributed by atoms with Gasteiger partial charge in [0.15, 0.2) is 0 Å². The number of carbonyl (C=O) groups is 1. The molecule has 2 aliphatic rings. The molecule has 1 aliphatic carbocycles. The zero-order valence-corrected chi connectivity index (χ0v) is 22.8. The van der Waals surface area contributed by atoms with E-state index in [0.717, 1.165) is 42.0 Å². The van der Waals surface area contributed by atoms with Crippen molar-refractivity contribution in [3.8, 4) is 0 Å². The lowest BCUT2D eigenvalue weighted by Crippen LogP contribution is -2.44. The van der Waals surface area contributed by atoms with Crippen LogP contribution in [0.4, 0.5) is 4.79 Å². The van der Waals surface area contributed by atoms with E-state index in [1.165, 1.54) is 55.2 Å². The van der Waals surface area contributed by atoms with Gasteiger partial charge in [-0.2, -0.15) is 0 Å². The van der Waals surface area contributed by atoms with Crippen LogP contribution in [0.25, 0.3) is 10.9 Å². The zero-order valence-electron chi connectivity index (χ0n) is 22.8. The molecule has 1 aromatic heterocycles. The fourth-order valence-corrected chi connectivity index (χ4v) is 6.56. The number of aromatic nitrogens is 1. The highest BCUT2D eigenvalue weighted by Gasteiger charge is 2.31. The summed E-state index contributed by atoms with van der Waals surface area (Å²) < 4.78 is 7.97. The maximum Gasteiger partial charge on any atom is 0.407 e. The van der Waals surface area contributed by atoms with E-state index in [2.05, 4.69) is 59.8 Å². The van der Waals surface area contributed by atoms with Crippen LogP contribution in [0, 0.1) is 18.8 Å². The number of hydrogen-bond donors (Lipinski definition) is 1. The van der Waals surface area contributed by atoms with Crippen molar-refractivity contribution in [2.24, 2.45) is 11.8 Å². The number of rotatable bonds is 7. The number of amides is 1. The van der Waals surface area contributed by atoms with Crippen molar-refractivity contribution in [1.82, 2.24) is 14.8 Å². The van der Waals surface area contributed by atoms with E-state index in [1.807, 2.05) is 30.3 Å². The maximum atomic E-state index is 12.5. The molecule has 1 saturated carbocycles. The van der Waals surface area contributed by atoms with Gasteiger partial charge in [-0.3, -0.25) is 0 Å². The van der Waals surface area contributed by atoms with Gasteiger partial charge < -0.3 is 19.5 Å². The van der Waals surface area contributed by atoms with E-state index in [-0.39, 0.29) is 12.7 Å². The summed E-state index contributed by atoms with van der Waals surface area (Å²) in [6.45, 7) is 10.00. The number of benzene rings is 2. The number of hydrogen-bond acceptors (Lipinski definition) is 3. The second-order valence-corrected chi connectivity index (χ2v) is 11.6. The van der Waals surface area contributed by atoms with Gasteiger partial charge in [0.05, 0.1) is 6.54 Å². The average Bonchev–Trinajstić information content (AvgIpc) is 3.28. The molecule has 5 nitrogen and oxygen atoms in total. The first kappa shape index (κ1) is 25.8. The van der Waals surface area contributed by atoms with Gasteiger partial charge in [0, 0.05) is 41.8 Å². The Morgan fingerprint density at radius 2 is 1.68 bits per heavy atom. The highest BCUT2D eigenvalue weighted by molar-refractivity contribution is 5.82. The van der Waals surface area contributed by atoms with Crippen LogP contribution < -0.4 is 5.32 Å². The van der Waals surface area contributed by atoms with Crippen LogP contribution in [0.1, 0.15) is 75.2 Å². The molecule has 5 heteroatoms. The molecule has 0 bridgehead atoms. The molecular formula is C32H43N3O2. The minimum Gasteiger partial charge on any atom is -0.445 e. The van der Waals surface area contributed by atoms with Crippen molar-refractivity contribution < 1.29 is 9.53 Å². The molecule has 0 unspecified atom stereocenters. The summed E-state index contributed by atoms with van der Waals surface area (Å²) >= 11 is 0. The Morgan fingerprint density at radius 1 is 0.946 bits per heavy atom. The van der Waals surface area contributed by atoms with Crippen LogP contribution in [0.5, 0.6) is 0 Å². The molecule has 1 saturated heterocycles.